The van der Waals surface area contributed by atoms with Crippen molar-refractivity contribution in [1.29, 1.82) is 0 Å². The van der Waals surface area contributed by atoms with Crippen LogP contribution in [-0.2, 0) is 0 Å². The average molecular weight is 337 g/mol. The lowest BCUT2D eigenvalue weighted by Gasteiger charge is -2.32. The Morgan fingerprint density at radius 3 is 1.67 bits per heavy atom. The SMILES string of the molecule is CCCCCC1CCC(CCC2CCC(C/C=C/CF)CC2)CC1. The van der Waals surface area contributed by atoms with Crippen molar-refractivity contribution in [3.05, 3.63) is 12.2 Å². The number of alkyl halides is 1. The zero-order valence-corrected chi connectivity index (χ0v) is 16.2. The van der Waals surface area contributed by atoms with E-state index >= 15 is 0 Å². The smallest absolute Gasteiger partial charge is 0.108 e. The molecule has 0 unspecified atom stereocenters. The number of unbranched alkanes of at least 4 members (excludes halogenated alkanes) is 2. The molecular weight excluding hydrogens is 295 g/mol. The predicted molar refractivity (Wildman–Crippen MR) is 104 cm³/mol. The van der Waals surface area contributed by atoms with Crippen LogP contribution in [0.5, 0.6) is 0 Å². The molecule has 0 atom stereocenters. The van der Waals surface area contributed by atoms with Crippen LogP contribution in [0.25, 0.3) is 0 Å². The summed E-state index contributed by atoms with van der Waals surface area (Å²) in [4.78, 5) is 0. The van der Waals surface area contributed by atoms with Crippen molar-refractivity contribution < 1.29 is 4.39 Å². The molecule has 2 aliphatic rings. The molecule has 0 aliphatic heterocycles. The fourth-order valence-electron chi connectivity index (χ4n) is 5.07. The van der Waals surface area contributed by atoms with Gasteiger partial charge in [0.1, 0.15) is 6.67 Å². The minimum absolute atomic E-state index is 0.295. The Morgan fingerprint density at radius 1 is 0.667 bits per heavy atom. The molecule has 0 spiro atoms. The standard InChI is InChI=1S/C23H41F/c1-2-3-4-7-20-9-13-22(14-10-20)17-18-23-15-11-21(12-16-23)8-5-6-19-24/h5-6,20-23H,2-4,7-19H2,1H3/b6-5+. The van der Waals surface area contributed by atoms with Crippen LogP contribution in [0.1, 0.15) is 103 Å². The lowest BCUT2D eigenvalue weighted by Crippen LogP contribution is -2.18. The third-order valence-corrected chi connectivity index (χ3v) is 6.86. The van der Waals surface area contributed by atoms with Gasteiger partial charge in [0.25, 0.3) is 0 Å². The van der Waals surface area contributed by atoms with Gasteiger partial charge in [-0.2, -0.15) is 0 Å². The van der Waals surface area contributed by atoms with Gasteiger partial charge in [0.2, 0.25) is 0 Å². The molecule has 2 fully saturated rings. The molecule has 0 aromatic rings. The van der Waals surface area contributed by atoms with Gasteiger partial charge < -0.3 is 0 Å². The molecule has 0 N–H and O–H groups in total. The minimum atomic E-state index is -0.295. The molecule has 2 saturated carbocycles. The highest BCUT2D eigenvalue weighted by Gasteiger charge is 2.24. The van der Waals surface area contributed by atoms with E-state index in [0.29, 0.717) is 0 Å². The largest absolute Gasteiger partial charge is 0.247 e. The summed E-state index contributed by atoms with van der Waals surface area (Å²) in [6.45, 7) is 2.02. The second kappa shape index (κ2) is 12.1. The van der Waals surface area contributed by atoms with Crippen LogP contribution in [0.4, 0.5) is 4.39 Å². The summed E-state index contributed by atoms with van der Waals surface area (Å²) >= 11 is 0. The highest BCUT2D eigenvalue weighted by atomic mass is 19.1. The van der Waals surface area contributed by atoms with Gasteiger partial charge >= 0.3 is 0 Å². The lowest BCUT2D eigenvalue weighted by molar-refractivity contribution is 0.212. The summed E-state index contributed by atoms with van der Waals surface area (Å²) in [5, 5.41) is 0. The molecule has 140 valence electrons. The van der Waals surface area contributed by atoms with E-state index in [4.69, 9.17) is 0 Å². The van der Waals surface area contributed by atoms with E-state index in [0.717, 1.165) is 30.1 Å². The maximum atomic E-state index is 12.1. The first-order chi connectivity index (χ1) is 11.8. The van der Waals surface area contributed by atoms with Crippen molar-refractivity contribution in [2.24, 2.45) is 23.7 Å². The molecule has 1 heteroatoms. The Kier molecular flexibility index (Phi) is 10.1. The first kappa shape index (κ1) is 20.0. The van der Waals surface area contributed by atoms with Crippen LogP contribution in [-0.4, -0.2) is 6.67 Å². The van der Waals surface area contributed by atoms with Crippen molar-refractivity contribution in [1.82, 2.24) is 0 Å². The van der Waals surface area contributed by atoms with Gasteiger partial charge in [0.05, 0.1) is 0 Å². The van der Waals surface area contributed by atoms with Gasteiger partial charge in [-0.1, -0.05) is 96.1 Å². The molecule has 24 heavy (non-hydrogen) atoms. The van der Waals surface area contributed by atoms with E-state index in [1.165, 1.54) is 89.9 Å². The Hall–Kier alpha value is -0.330. The normalized spacial score (nSPS) is 31.6. The fourth-order valence-corrected chi connectivity index (χ4v) is 5.07. The van der Waals surface area contributed by atoms with Crippen molar-refractivity contribution in [3.63, 3.8) is 0 Å². The van der Waals surface area contributed by atoms with Gasteiger partial charge in [-0.05, 0) is 42.9 Å². The lowest BCUT2D eigenvalue weighted by atomic mass is 9.74. The van der Waals surface area contributed by atoms with Crippen molar-refractivity contribution in [2.75, 3.05) is 6.67 Å². The van der Waals surface area contributed by atoms with Crippen LogP contribution in [0, 0.1) is 23.7 Å². The summed E-state index contributed by atoms with van der Waals surface area (Å²) in [6, 6.07) is 0. The van der Waals surface area contributed by atoms with Crippen LogP contribution in [0.2, 0.25) is 0 Å². The van der Waals surface area contributed by atoms with Gasteiger partial charge in [-0.15, -0.1) is 0 Å². The quantitative estimate of drug-likeness (QED) is 0.281. The van der Waals surface area contributed by atoms with E-state index in [1.807, 2.05) is 0 Å². The fraction of sp³-hybridized carbons (Fsp3) is 0.913. The average Bonchev–Trinajstić information content (AvgIpc) is 2.63. The predicted octanol–water partition coefficient (Wildman–Crippen LogP) is 7.88. The molecule has 2 rings (SSSR count). The zero-order valence-electron chi connectivity index (χ0n) is 16.2. The molecule has 0 bridgehead atoms. The van der Waals surface area contributed by atoms with Crippen LogP contribution < -0.4 is 0 Å². The maximum Gasteiger partial charge on any atom is 0.108 e. The summed E-state index contributed by atoms with van der Waals surface area (Å²) in [6.07, 6.45) is 25.3. The Labute approximate surface area is 150 Å². The van der Waals surface area contributed by atoms with Gasteiger partial charge in [-0.3, -0.25) is 0 Å². The monoisotopic (exact) mass is 336 g/mol. The molecule has 0 radical (unpaired) electrons. The van der Waals surface area contributed by atoms with Crippen LogP contribution >= 0.6 is 0 Å². The Balaban J connectivity index is 1.52. The topological polar surface area (TPSA) is 0 Å². The molecule has 0 saturated heterocycles. The van der Waals surface area contributed by atoms with E-state index in [9.17, 15) is 4.39 Å². The molecule has 2 aliphatic carbocycles. The summed E-state index contributed by atoms with van der Waals surface area (Å²) in [7, 11) is 0. The zero-order chi connectivity index (χ0) is 17.0. The molecule has 0 heterocycles. The molecule has 0 aromatic carbocycles. The third kappa shape index (κ3) is 7.70. The highest BCUT2D eigenvalue weighted by molar-refractivity contribution is 4.85. The second-order valence-electron chi connectivity index (χ2n) is 8.71. The first-order valence-corrected chi connectivity index (χ1v) is 11.0. The first-order valence-electron chi connectivity index (χ1n) is 11.0. The summed E-state index contributed by atoms with van der Waals surface area (Å²) in [5.41, 5.74) is 0. The Bertz CT molecular complexity index is 319. The number of halogens is 1. The van der Waals surface area contributed by atoms with Crippen molar-refractivity contribution in [3.8, 4) is 0 Å². The number of hydrogen-bond donors (Lipinski definition) is 0. The van der Waals surface area contributed by atoms with E-state index in [1.54, 1.807) is 6.08 Å². The highest BCUT2D eigenvalue weighted by Crippen LogP contribution is 2.38. The molecule has 0 amide bonds. The third-order valence-electron chi connectivity index (χ3n) is 6.86. The van der Waals surface area contributed by atoms with Gasteiger partial charge in [0.15, 0.2) is 0 Å². The number of rotatable bonds is 10. The van der Waals surface area contributed by atoms with E-state index < -0.39 is 0 Å². The number of hydrogen-bond acceptors (Lipinski definition) is 0. The second-order valence-corrected chi connectivity index (χ2v) is 8.71. The van der Waals surface area contributed by atoms with E-state index in [2.05, 4.69) is 13.0 Å². The van der Waals surface area contributed by atoms with Crippen LogP contribution in [0.3, 0.4) is 0 Å². The minimum Gasteiger partial charge on any atom is -0.247 e. The maximum absolute atomic E-state index is 12.1. The Morgan fingerprint density at radius 2 is 1.17 bits per heavy atom. The van der Waals surface area contributed by atoms with Crippen molar-refractivity contribution >= 4 is 0 Å². The molecule has 0 nitrogen and oxygen atoms in total. The van der Waals surface area contributed by atoms with Gasteiger partial charge in [-0.25, -0.2) is 4.39 Å². The van der Waals surface area contributed by atoms with Gasteiger partial charge in [0, 0.05) is 0 Å². The summed E-state index contributed by atoms with van der Waals surface area (Å²) in [5.74, 6) is 3.93. The van der Waals surface area contributed by atoms with Crippen molar-refractivity contribution in [2.45, 2.75) is 103 Å². The van der Waals surface area contributed by atoms with E-state index in [-0.39, 0.29) is 6.67 Å². The molecule has 0 aromatic heterocycles. The number of allylic oxidation sites excluding steroid dienone is 2. The summed E-state index contributed by atoms with van der Waals surface area (Å²) < 4.78 is 12.1. The van der Waals surface area contributed by atoms with Crippen LogP contribution in [0.15, 0.2) is 12.2 Å². The molecular formula is C23H41F.